The van der Waals surface area contributed by atoms with Crippen molar-refractivity contribution < 1.29 is 0 Å². The van der Waals surface area contributed by atoms with Gasteiger partial charge in [-0.15, -0.1) is 0 Å². The van der Waals surface area contributed by atoms with E-state index in [2.05, 4.69) is 45.2 Å². The van der Waals surface area contributed by atoms with E-state index in [0.717, 1.165) is 37.8 Å². The van der Waals surface area contributed by atoms with Crippen molar-refractivity contribution in [2.24, 2.45) is 0 Å². The minimum atomic E-state index is 0.906. The van der Waals surface area contributed by atoms with Gasteiger partial charge in [0.2, 0.25) is 0 Å². The molecule has 106 valence electrons. The molecule has 0 radical (unpaired) electrons. The maximum absolute atomic E-state index is 4.41. The zero-order chi connectivity index (χ0) is 13.5. The van der Waals surface area contributed by atoms with Crippen molar-refractivity contribution in [2.45, 2.75) is 25.7 Å². The molecule has 0 saturated carbocycles. The van der Waals surface area contributed by atoms with Crippen LogP contribution in [0.2, 0.25) is 0 Å². The summed E-state index contributed by atoms with van der Waals surface area (Å²) in [5.74, 6) is 1.99. The Morgan fingerprint density at radius 3 is 2.58 bits per heavy atom. The molecule has 0 amide bonds. The SMILES string of the molecule is CN(C)CCNc1cc(N2CCCCCC2)ncn1. The quantitative estimate of drug-likeness (QED) is 0.878. The van der Waals surface area contributed by atoms with Gasteiger partial charge in [0.15, 0.2) is 0 Å². The first-order chi connectivity index (χ1) is 9.25. The number of nitrogens with zero attached hydrogens (tertiary/aromatic N) is 4. The fourth-order valence-corrected chi connectivity index (χ4v) is 2.32. The van der Waals surface area contributed by atoms with Gasteiger partial charge in [0.25, 0.3) is 0 Å². The smallest absolute Gasteiger partial charge is 0.134 e. The highest BCUT2D eigenvalue weighted by atomic mass is 15.2. The Labute approximate surface area is 116 Å². The lowest BCUT2D eigenvalue weighted by atomic mass is 10.2. The number of aromatic nitrogens is 2. The fraction of sp³-hybridized carbons (Fsp3) is 0.714. The van der Waals surface area contributed by atoms with Crippen LogP contribution in [0.1, 0.15) is 25.7 Å². The van der Waals surface area contributed by atoms with Crippen LogP contribution in [-0.4, -0.2) is 55.1 Å². The Bertz CT molecular complexity index is 372. The van der Waals surface area contributed by atoms with Crippen molar-refractivity contribution >= 4 is 11.6 Å². The van der Waals surface area contributed by atoms with Gasteiger partial charge in [-0.1, -0.05) is 12.8 Å². The Balaban J connectivity index is 1.93. The summed E-state index contributed by atoms with van der Waals surface area (Å²) in [6, 6.07) is 2.07. The molecule has 0 bridgehead atoms. The largest absolute Gasteiger partial charge is 0.369 e. The van der Waals surface area contributed by atoms with Gasteiger partial charge >= 0.3 is 0 Å². The van der Waals surface area contributed by atoms with Crippen LogP contribution in [0.5, 0.6) is 0 Å². The fourth-order valence-electron chi connectivity index (χ4n) is 2.32. The van der Waals surface area contributed by atoms with Crippen LogP contribution < -0.4 is 10.2 Å². The van der Waals surface area contributed by atoms with E-state index in [9.17, 15) is 0 Å². The van der Waals surface area contributed by atoms with Crippen LogP contribution in [0, 0.1) is 0 Å². The number of hydrogen-bond donors (Lipinski definition) is 1. The van der Waals surface area contributed by atoms with Gasteiger partial charge in [-0.05, 0) is 26.9 Å². The first-order valence-electron chi connectivity index (χ1n) is 7.21. The van der Waals surface area contributed by atoms with Crippen molar-refractivity contribution in [3.05, 3.63) is 12.4 Å². The van der Waals surface area contributed by atoms with Crippen molar-refractivity contribution in [3.63, 3.8) is 0 Å². The van der Waals surface area contributed by atoms with E-state index in [0.29, 0.717) is 0 Å². The number of likely N-dealkylation sites (N-methyl/N-ethyl adjacent to an activating group) is 1. The third kappa shape index (κ3) is 4.67. The van der Waals surface area contributed by atoms with Crippen LogP contribution >= 0.6 is 0 Å². The lowest BCUT2D eigenvalue weighted by Gasteiger charge is -2.21. The molecule has 19 heavy (non-hydrogen) atoms. The summed E-state index contributed by atoms with van der Waals surface area (Å²) in [6.07, 6.45) is 6.89. The van der Waals surface area contributed by atoms with E-state index in [4.69, 9.17) is 0 Å². The van der Waals surface area contributed by atoms with E-state index < -0.39 is 0 Å². The Morgan fingerprint density at radius 2 is 1.89 bits per heavy atom. The van der Waals surface area contributed by atoms with Gasteiger partial charge in [-0.3, -0.25) is 0 Å². The normalized spacial score (nSPS) is 16.5. The maximum atomic E-state index is 4.41. The van der Waals surface area contributed by atoms with E-state index in [-0.39, 0.29) is 0 Å². The van der Waals surface area contributed by atoms with Crippen molar-refractivity contribution in [1.29, 1.82) is 0 Å². The highest BCUT2D eigenvalue weighted by Crippen LogP contribution is 2.18. The van der Waals surface area contributed by atoms with E-state index in [1.54, 1.807) is 6.33 Å². The van der Waals surface area contributed by atoms with Gasteiger partial charge in [0, 0.05) is 32.2 Å². The number of anilines is 2. The minimum absolute atomic E-state index is 0.906. The topological polar surface area (TPSA) is 44.3 Å². The van der Waals surface area contributed by atoms with Crippen LogP contribution in [0.15, 0.2) is 12.4 Å². The average Bonchev–Trinajstić information content (AvgIpc) is 2.67. The van der Waals surface area contributed by atoms with Gasteiger partial charge in [-0.25, -0.2) is 9.97 Å². The molecule has 1 aromatic rings. The molecule has 5 nitrogen and oxygen atoms in total. The van der Waals surface area contributed by atoms with E-state index in [1.807, 2.05) is 0 Å². The number of nitrogens with one attached hydrogen (secondary N) is 1. The van der Waals surface area contributed by atoms with Crippen LogP contribution in [-0.2, 0) is 0 Å². The molecule has 1 fully saturated rings. The summed E-state index contributed by atoms with van der Waals surface area (Å²) in [4.78, 5) is 13.2. The monoisotopic (exact) mass is 263 g/mol. The molecule has 0 spiro atoms. The molecule has 2 heterocycles. The lowest BCUT2D eigenvalue weighted by Crippen LogP contribution is -2.25. The molecule has 1 saturated heterocycles. The number of hydrogen-bond acceptors (Lipinski definition) is 5. The highest BCUT2D eigenvalue weighted by molar-refractivity contribution is 5.48. The second-order valence-electron chi connectivity index (χ2n) is 5.39. The molecular formula is C14H25N5. The lowest BCUT2D eigenvalue weighted by molar-refractivity contribution is 0.425. The van der Waals surface area contributed by atoms with Gasteiger partial charge in [0.1, 0.15) is 18.0 Å². The Kier molecular flexibility index (Phi) is 5.39. The van der Waals surface area contributed by atoms with Crippen molar-refractivity contribution in [1.82, 2.24) is 14.9 Å². The Hall–Kier alpha value is -1.36. The molecule has 0 aliphatic carbocycles. The minimum Gasteiger partial charge on any atom is -0.369 e. The van der Waals surface area contributed by atoms with Gasteiger partial charge in [-0.2, -0.15) is 0 Å². The van der Waals surface area contributed by atoms with Gasteiger partial charge < -0.3 is 15.1 Å². The summed E-state index contributed by atoms with van der Waals surface area (Å²) in [7, 11) is 4.15. The molecule has 0 unspecified atom stereocenters. The van der Waals surface area contributed by atoms with E-state index in [1.165, 1.54) is 25.7 Å². The highest BCUT2D eigenvalue weighted by Gasteiger charge is 2.11. The summed E-state index contributed by atoms with van der Waals surface area (Å²) in [5, 5.41) is 3.35. The molecule has 5 heteroatoms. The second kappa shape index (κ2) is 7.28. The third-order valence-electron chi connectivity index (χ3n) is 3.45. The zero-order valence-corrected chi connectivity index (χ0v) is 12.1. The Morgan fingerprint density at radius 1 is 1.16 bits per heavy atom. The first kappa shape index (κ1) is 14.1. The maximum Gasteiger partial charge on any atom is 0.134 e. The molecule has 0 atom stereocenters. The van der Waals surface area contributed by atoms with Gasteiger partial charge in [0.05, 0.1) is 0 Å². The third-order valence-corrected chi connectivity index (χ3v) is 3.45. The molecular weight excluding hydrogens is 238 g/mol. The summed E-state index contributed by atoms with van der Waals surface area (Å²) < 4.78 is 0. The van der Waals surface area contributed by atoms with Crippen LogP contribution in [0.4, 0.5) is 11.6 Å². The first-order valence-corrected chi connectivity index (χ1v) is 7.21. The molecule has 1 N–H and O–H groups in total. The standard InChI is InChI=1S/C14H25N5/c1-18(2)10-7-15-13-11-14(17-12-16-13)19-8-5-3-4-6-9-19/h11-12H,3-10H2,1-2H3,(H,15,16,17). The number of rotatable bonds is 5. The van der Waals surface area contributed by atoms with Crippen molar-refractivity contribution in [2.75, 3.05) is 50.5 Å². The predicted octanol–water partition coefficient (Wildman–Crippen LogP) is 1.83. The molecule has 1 aliphatic rings. The van der Waals surface area contributed by atoms with Crippen molar-refractivity contribution in [3.8, 4) is 0 Å². The molecule has 1 aromatic heterocycles. The second-order valence-corrected chi connectivity index (χ2v) is 5.39. The van der Waals surface area contributed by atoms with Crippen LogP contribution in [0.25, 0.3) is 0 Å². The summed E-state index contributed by atoms with van der Waals surface area (Å²) in [5.41, 5.74) is 0. The molecule has 2 rings (SSSR count). The predicted molar refractivity (Wildman–Crippen MR) is 79.8 cm³/mol. The molecule has 0 aromatic carbocycles. The summed E-state index contributed by atoms with van der Waals surface area (Å²) >= 11 is 0. The van der Waals surface area contributed by atoms with E-state index >= 15 is 0 Å². The van der Waals surface area contributed by atoms with Crippen LogP contribution in [0.3, 0.4) is 0 Å². The summed E-state index contributed by atoms with van der Waals surface area (Å²) in [6.45, 7) is 4.15. The zero-order valence-electron chi connectivity index (χ0n) is 12.1. The molecule has 1 aliphatic heterocycles. The average molecular weight is 263 g/mol.